The number of aromatic nitrogens is 2. The number of pyridine rings is 1. The van der Waals surface area contributed by atoms with Gasteiger partial charge >= 0.3 is 0 Å². The van der Waals surface area contributed by atoms with Gasteiger partial charge < -0.3 is 15.4 Å². The first-order chi connectivity index (χ1) is 11.2. The topological polar surface area (TPSA) is 78.0 Å². The summed E-state index contributed by atoms with van der Waals surface area (Å²) in [6, 6.07) is 9.71. The average molecular weight is 325 g/mol. The number of H-pyrrole nitrogens is 1. The van der Waals surface area contributed by atoms with E-state index in [2.05, 4.69) is 15.3 Å². The van der Waals surface area contributed by atoms with E-state index in [1.54, 1.807) is 6.20 Å². The van der Waals surface area contributed by atoms with Crippen LogP contribution in [0.25, 0.3) is 21.8 Å². The Morgan fingerprint density at radius 3 is 2.96 bits per heavy atom. The van der Waals surface area contributed by atoms with Crippen molar-refractivity contribution in [2.45, 2.75) is 13.0 Å². The minimum Gasteiger partial charge on any atom is -0.391 e. The van der Waals surface area contributed by atoms with E-state index < -0.39 is 0 Å². The lowest BCUT2D eigenvalue weighted by molar-refractivity contribution is 0.0946. The number of aliphatic hydroxyl groups excluding tert-OH is 1. The van der Waals surface area contributed by atoms with Crippen molar-refractivity contribution in [3.8, 4) is 21.8 Å². The maximum absolute atomic E-state index is 11.9. The fourth-order valence-electron chi connectivity index (χ4n) is 2.78. The molecule has 0 bridgehead atoms. The van der Waals surface area contributed by atoms with E-state index in [1.165, 1.54) is 11.3 Å². The third-order valence-electron chi connectivity index (χ3n) is 3.95. The molecule has 0 radical (unpaired) electrons. The van der Waals surface area contributed by atoms with Crippen molar-refractivity contribution in [1.82, 2.24) is 15.3 Å². The summed E-state index contributed by atoms with van der Waals surface area (Å²) in [4.78, 5) is 21.6. The van der Waals surface area contributed by atoms with Crippen LogP contribution in [0.4, 0.5) is 0 Å². The number of carbonyl (C=O) groups is 1. The lowest BCUT2D eigenvalue weighted by Crippen LogP contribution is -2.31. The minimum absolute atomic E-state index is 0.0196. The second-order valence-corrected chi connectivity index (χ2v) is 6.60. The highest BCUT2D eigenvalue weighted by molar-refractivity contribution is 7.15. The molecule has 1 aliphatic rings. The third-order valence-corrected chi connectivity index (χ3v) is 5.04. The van der Waals surface area contributed by atoms with Gasteiger partial charge in [-0.3, -0.25) is 9.78 Å². The monoisotopic (exact) mass is 325 g/mol. The summed E-state index contributed by atoms with van der Waals surface area (Å²) in [6.45, 7) is 0.718. The maximum atomic E-state index is 11.9. The van der Waals surface area contributed by atoms with Crippen molar-refractivity contribution >= 4 is 17.2 Å². The highest BCUT2D eigenvalue weighted by Crippen LogP contribution is 2.30. The van der Waals surface area contributed by atoms with Crippen LogP contribution in [0.3, 0.4) is 0 Å². The first-order valence-corrected chi connectivity index (χ1v) is 8.22. The quantitative estimate of drug-likeness (QED) is 0.692. The Morgan fingerprint density at radius 1 is 1.26 bits per heavy atom. The summed E-state index contributed by atoms with van der Waals surface area (Å²) < 4.78 is 0. The zero-order valence-electron chi connectivity index (χ0n) is 12.3. The van der Waals surface area contributed by atoms with E-state index in [1.807, 2.05) is 30.3 Å². The second-order valence-electron chi connectivity index (χ2n) is 5.43. The molecule has 0 aliphatic carbocycles. The van der Waals surface area contributed by atoms with Crippen LogP contribution in [0.1, 0.15) is 20.9 Å². The summed E-state index contributed by atoms with van der Waals surface area (Å²) in [7, 11) is 0. The molecule has 0 saturated heterocycles. The molecular formula is C17H15N3O2S. The van der Waals surface area contributed by atoms with Crippen LogP contribution in [-0.2, 0) is 13.0 Å². The fraction of sp³-hybridized carbons (Fsp3) is 0.176. The standard InChI is InChI=1S/C17H15N3O2S/c21-9-11-1-2-16(23-11)15-7-10(3-5-18-15)14-8-12-13(20-14)4-6-19-17(12)22/h1-3,5,7-8,20-21H,4,6,9H2,(H,19,22). The Labute approximate surface area is 137 Å². The van der Waals surface area contributed by atoms with Gasteiger partial charge in [0.15, 0.2) is 0 Å². The van der Waals surface area contributed by atoms with Crippen molar-refractivity contribution in [2.24, 2.45) is 0 Å². The molecule has 0 atom stereocenters. The van der Waals surface area contributed by atoms with Gasteiger partial charge in [-0.25, -0.2) is 0 Å². The predicted octanol–water partition coefficient (Wildman–Crippen LogP) is 2.58. The first kappa shape index (κ1) is 14.2. The number of amides is 1. The largest absolute Gasteiger partial charge is 0.391 e. The molecule has 4 heterocycles. The molecule has 116 valence electrons. The summed E-state index contributed by atoms with van der Waals surface area (Å²) in [5.41, 5.74) is 4.50. The van der Waals surface area contributed by atoms with E-state index in [4.69, 9.17) is 0 Å². The van der Waals surface area contributed by atoms with Crippen LogP contribution in [-0.4, -0.2) is 27.5 Å². The molecular weight excluding hydrogens is 310 g/mol. The van der Waals surface area contributed by atoms with Gasteiger partial charge in [-0.05, 0) is 30.3 Å². The van der Waals surface area contributed by atoms with E-state index in [-0.39, 0.29) is 12.5 Å². The smallest absolute Gasteiger partial charge is 0.253 e. The zero-order chi connectivity index (χ0) is 15.8. The molecule has 0 saturated carbocycles. The van der Waals surface area contributed by atoms with Crippen LogP contribution in [0.5, 0.6) is 0 Å². The summed E-state index contributed by atoms with van der Waals surface area (Å²) in [5.74, 6) is -0.0196. The second kappa shape index (κ2) is 5.64. The number of hydrogen-bond donors (Lipinski definition) is 3. The Morgan fingerprint density at radius 2 is 2.17 bits per heavy atom. The molecule has 3 aromatic rings. The average Bonchev–Trinajstić information content (AvgIpc) is 3.22. The fourth-order valence-corrected chi connectivity index (χ4v) is 3.62. The lowest BCUT2D eigenvalue weighted by Gasteiger charge is -2.10. The highest BCUT2D eigenvalue weighted by atomic mass is 32.1. The van der Waals surface area contributed by atoms with Crippen LogP contribution >= 0.6 is 11.3 Å². The normalized spacial score (nSPS) is 13.7. The zero-order valence-corrected chi connectivity index (χ0v) is 13.1. The summed E-state index contributed by atoms with van der Waals surface area (Å²) in [5, 5.41) is 12.1. The Bertz CT molecular complexity index is 882. The number of nitrogens with one attached hydrogen (secondary N) is 2. The number of thiophene rings is 1. The van der Waals surface area contributed by atoms with Crippen LogP contribution in [0.15, 0.2) is 36.5 Å². The number of aromatic amines is 1. The minimum atomic E-state index is -0.0196. The molecule has 3 aromatic heterocycles. The van der Waals surface area contributed by atoms with E-state index >= 15 is 0 Å². The van der Waals surface area contributed by atoms with E-state index in [9.17, 15) is 9.90 Å². The third kappa shape index (κ3) is 2.56. The highest BCUT2D eigenvalue weighted by Gasteiger charge is 2.20. The molecule has 0 spiro atoms. The molecule has 0 unspecified atom stereocenters. The number of fused-ring (bicyclic) bond motifs is 1. The van der Waals surface area contributed by atoms with Gasteiger partial charge in [0, 0.05) is 41.0 Å². The Kier molecular flexibility index (Phi) is 3.48. The first-order valence-electron chi connectivity index (χ1n) is 7.41. The molecule has 3 N–H and O–H groups in total. The number of rotatable bonds is 3. The SMILES string of the molecule is O=C1NCCc2[nH]c(-c3ccnc(-c4ccc(CO)s4)c3)cc21. The van der Waals surface area contributed by atoms with E-state index in [0.717, 1.165) is 44.4 Å². The van der Waals surface area contributed by atoms with Gasteiger partial charge in [0.2, 0.25) is 0 Å². The molecule has 23 heavy (non-hydrogen) atoms. The van der Waals surface area contributed by atoms with Crippen molar-refractivity contribution in [2.75, 3.05) is 6.54 Å². The number of hydrogen-bond acceptors (Lipinski definition) is 4. The number of carbonyl (C=O) groups excluding carboxylic acids is 1. The number of aliphatic hydroxyl groups is 1. The van der Waals surface area contributed by atoms with Gasteiger partial charge in [-0.2, -0.15) is 0 Å². The van der Waals surface area contributed by atoms with Gasteiger partial charge in [0.05, 0.1) is 22.7 Å². The molecule has 0 fully saturated rings. The van der Waals surface area contributed by atoms with Crippen molar-refractivity contribution in [1.29, 1.82) is 0 Å². The molecule has 1 amide bonds. The molecule has 4 rings (SSSR count). The molecule has 6 heteroatoms. The van der Waals surface area contributed by atoms with Crippen molar-refractivity contribution < 1.29 is 9.90 Å². The Hall–Kier alpha value is -2.44. The summed E-state index contributed by atoms with van der Waals surface area (Å²) in [6.07, 6.45) is 2.59. The van der Waals surface area contributed by atoms with E-state index in [0.29, 0.717) is 6.54 Å². The summed E-state index contributed by atoms with van der Waals surface area (Å²) >= 11 is 1.53. The predicted molar refractivity (Wildman–Crippen MR) is 89.3 cm³/mol. The van der Waals surface area contributed by atoms with Gasteiger partial charge in [-0.15, -0.1) is 11.3 Å². The van der Waals surface area contributed by atoms with Crippen LogP contribution in [0, 0.1) is 0 Å². The lowest BCUT2D eigenvalue weighted by atomic mass is 10.1. The maximum Gasteiger partial charge on any atom is 0.253 e. The van der Waals surface area contributed by atoms with Crippen molar-refractivity contribution in [3.05, 3.63) is 52.7 Å². The van der Waals surface area contributed by atoms with Gasteiger partial charge in [0.25, 0.3) is 5.91 Å². The molecule has 1 aliphatic heterocycles. The van der Waals surface area contributed by atoms with Gasteiger partial charge in [0.1, 0.15) is 0 Å². The molecule has 5 nitrogen and oxygen atoms in total. The van der Waals surface area contributed by atoms with Crippen LogP contribution < -0.4 is 5.32 Å². The van der Waals surface area contributed by atoms with Crippen molar-refractivity contribution in [3.63, 3.8) is 0 Å². The number of nitrogens with zero attached hydrogens (tertiary/aromatic N) is 1. The van der Waals surface area contributed by atoms with Crippen LogP contribution in [0.2, 0.25) is 0 Å². The molecule has 0 aromatic carbocycles. The van der Waals surface area contributed by atoms with Gasteiger partial charge in [-0.1, -0.05) is 0 Å². The Balaban J connectivity index is 1.73.